The van der Waals surface area contributed by atoms with E-state index in [1.54, 1.807) is 12.4 Å². The van der Waals surface area contributed by atoms with Gasteiger partial charge in [-0.2, -0.15) is 0 Å². The average Bonchev–Trinajstić information content (AvgIpc) is 3.02. The Kier molecular flexibility index (Phi) is 4.79. The summed E-state index contributed by atoms with van der Waals surface area (Å²) in [5.74, 6) is 8.19. The van der Waals surface area contributed by atoms with Crippen LogP contribution in [0.3, 0.4) is 0 Å². The van der Waals surface area contributed by atoms with Crippen molar-refractivity contribution < 1.29 is 4.79 Å². The van der Waals surface area contributed by atoms with E-state index in [4.69, 9.17) is 0 Å². The molecule has 0 aliphatic carbocycles. The van der Waals surface area contributed by atoms with Gasteiger partial charge in [-0.3, -0.25) is 9.78 Å². The summed E-state index contributed by atoms with van der Waals surface area (Å²) in [4.78, 5) is 17.9. The molecule has 1 N–H and O–H groups in total. The van der Waals surface area contributed by atoms with Gasteiger partial charge in [0, 0.05) is 43.0 Å². The number of nitrogens with one attached hydrogen (secondary N) is 1. The van der Waals surface area contributed by atoms with Crippen molar-refractivity contribution in [3.8, 4) is 23.8 Å². The molecule has 1 aromatic carbocycles. The largest absolute Gasteiger partial charge is 0.341 e. The van der Waals surface area contributed by atoms with E-state index in [0.717, 1.165) is 29.8 Å². The number of amides is 1. The van der Waals surface area contributed by atoms with Crippen molar-refractivity contribution >= 4 is 11.6 Å². The Morgan fingerprint density at radius 1 is 1.38 bits per heavy atom. The molecule has 1 aliphatic rings. The lowest BCUT2D eigenvalue weighted by Gasteiger charge is -2.09. The number of nitrogens with zero attached hydrogens (tertiary/aromatic N) is 2. The third-order valence-corrected chi connectivity index (χ3v) is 3.72. The van der Waals surface area contributed by atoms with E-state index in [-0.39, 0.29) is 5.91 Å². The first-order chi connectivity index (χ1) is 11.8. The zero-order valence-corrected chi connectivity index (χ0v) is 13.5. The maximum absolute atomic E-state index is 11.8. The van der Waals surface area contributed by atoms with Crippen LogP contribution in [-0.2, 0) is 17.8 Å². The van der Waals surface area contributed by atoms with Crippen LogP contribution in [0.25, 0.3) is 0 Å². The number of hydrogen-bond donors (Lipinski definition) is 1. The quantitative estimate of drug-likeness (QED) is 0.863. The Bertz CT molecular complexity index is 866. The molecule has 0 radical (unpaired) electrons. The number of anilines is 1. The first kappa shape index (κ1) is 15.6. The molecule has 0 spiro atoms. The molecule has 0 atom stereocenters. The van der Waals surface area contributed by atoms with Crippen LogP contribution >= 0.6 is 0 Å². The van der Waals surface area contributed by atoms with E-state index in [9.17, 15) is 4.79 Å². The molecule has 0 saturated heterocycles. The summed E-state index contributed by atoms with van der Waals surface area (Å²) in [5.41, 5.74) is 4.15. The van der Waals surface area contributed by atoms with Crippen molar-refractivity contribution in [2.45, 2.75) is 19.9 Å². The number of hydrogen-bond acceptors (Lipinski definition) is 3. The van der Waals surface area contributed by atoms with E-state index < -0.39 is 0 Å². The molecule has 1 aliphatic heterocycles. The van der Waals surface area contributed by atoms with Crippen LogP contribution < -0.4 is 10.2 Å². The number of benzene rings is 1. The van der Waals surface area contributed by atoms with Crippen LogP contribution in [0.15, 0.2) is 42.7 Å². The van der Waals surface area contributed by atoms with Crippen LogP contribution in [0.5, 0.6) is 0 Å². The monoisotopic (exact) mass is 315 g/mol. The molecule has 3 rings (SSSR count). The van der Waals surface area contributed by atoms with Gasteiger partial charge in [0.15, 0.2) is 0 Å². The van der Waals surface area contributed by atoms with Gasteiger partial charge in [0.2, 0.25) is 0 Å². The third-order valence-electron chi connectivity index (χ3n) is 3.72. The second kappa shape index (κ2) is 7.35. The molecule has 0 fully saturated rings. The molecule has 0 bridgehead atoms. The van der Waals surface area contributed by atoms with Crippen molar-refractivity contribution in [3.05, 3.63) is 59.4 Å². The van der Waals surface area contributed by atoms with Crippen LogP contribution in [0.2, 0.25) is 0 Å². The first-order valence-electron chi connectivity index (χ1n) is 7.78. The highest BCUT2D eigenvalue weighted by Gasteiger charge is 2.17. The van der Waals surface area contributed by atoms with Gasteiger partial charge >= 0.3 is 0 Å². The number of rotatable bonds is 2. The summed E-state index contributed by atoms with van der Waals surface area (Å²) >= 11 is 0. The zero-order chi connectivity index (χ0) is 16.8. The normalized spacial score (nSPS) is 11.6. The maximum Gasteiger partial charge on any atom is 0.296 e. The van der Waals surface area contributed by atoms with Crippen LogP contribution in [0.4, 0.5) is 5.69 Å². The Morgan fingerprint density at radius 3 is 3.08 bits per heavy atom. The van der Waals surface area contributed by atoms with Crippen molar-refractivity contribution in [2.24, 2.45) is 0 Å². The fraction of sp³-hybridized carbons (Fsp3) is 0.200. The summed E-state index contributed by atoms with van der Waals surface area (Å²) < 4.78 is 0. The van der Waals surface area contributed by atoms with Gasteiger partial charge in [0.05, 0.1) is 5.69 Å². The molecule has 4 nitrogen and oxygen atoms in total. The smallest absolute Gasteiger partial charge is 0.296 e. The minimum atomic E-state index is -0.294. The lowest BCUT2D eigenvalue weighted by atomic mass is 10.1. The highest BCUT2D eigenvalue weighted by molar-refractivity contribution is 5.94. The lowest BCUT2D eigenvalue weighted by molar-refractivity contribution is -0.115. The lowest BCUT2D eigenvalue weighted by Crippen LogP contribution is -2.20. The van der Waals surface area contributed by atoms with E-state index >= 15 is 0 Å². The molecule has 2 aromatic rings. The average molecular weight is 315 g/mol. The van der Waals surface area contributed by atoms with Gasteiger partial charge in [-0.15, -0.1) is 0 Å². The fourth-order valence-corrected chi connectivity index (χ4v) is 2.59. The summed E-state index contributed by atoms with van der Waals surface area (Å²) in [6.07, 6.45) is 4.37. The van der Waals surface area contributed by atoms with Gasteiger partial charge in [0.25, 0.3) is 5.91 Å². The summed E-state index contributed by atoms with van der Waals surface area (Å²) in [6.45, 7) is 3.16. The summed E-state index contributed by atoms with van der Waals surface area (Å²) in [5, 5.41) is 2.77. The molecule has 4 heteroatoms. The molecule has 118 valence electrons. The number of pyridine rings is 1. The first-order valence-corrected chi connectivity index (χ1v) is 7.78. The van der Waals surface area contributed by atoms with Crippen LogP contribution in [0, 0.1) is 23.8 Å². The molecule has 0 saturated carbocycles. The number of fused-ring (bicyclic) bond motifs is 1. The second-order valence-electron chi connectivity index (χ2n) is 5.40. The van der Waals surface area contributed by atoms with Crippen LogP contribution in [-0.4, -0.2) is 17.4 Å². The van der Waals surface area contributed by atoms with E-state index in [0.29, 0.717) is 6.54 Å². The molecule has 1 aromatic heterocycles. The van der Waals surface area contributed by atoms with Crippen molar-refractivity contribution in [3.63, 3.8) is 0 Å². The fourth-order valence-electron chi connectivity index (χ4n) is 2.59. The zero-order valence-electron chi connectivity index (χ0n) is 13.5. The highest BCUT2D eigenvalue weighted by Crippen LogP contribution is 2.27. The second-order valence-corrected chi connectivity index (χ2v) is 5.40. The third kappa shape index (κ3) is 3.74. The van der Waals surface area contributed by atoms with Gasteiger partial charge < -0.3 is 10.2 Å². The Hall–Kier alpha value is -3.24. The minimum Gasteiger partial charge on any atom is -0.341 e. The standard InChI is InChI=1S/C20H17N3O/c1-2-11-23-12-9-18-13-16(5-7-19(18)23)6-8-20(24)22-15-17-4-3-10-21-14-17/h3-5,7,10,13-14H,9,12,15H2,1H3,(H,22,24). The van der Waals surface area contributed by atoms with Crippen molar-refractivity contribution in [2.75, 3.05) is 11.4 Å². The molecule has 24 heavy (non-hydrogen) atoms. The highest BCUT2D eigenvalue weighted by atomic mass is 16.1. The van der Waals surface area contributed by atoms with Gasteiger partial charge in [0.1, 0.15) is 0 Å². The predicted octanol–water partition coefficient (Wildman–Crippen LogP) is 2.09. The van der Waals surface area contributed by atoms with E-state index in [1.807, 2.05) is 42.2 Å². The molecule has 2 heterocycles. The predicted molar refractivity (Wildman–Crippen MR) is 93.9 cm³/mol. The van der Waals surface area contributed by atoms with Crippen LogP contribution in [0.1, 0.15) is 23.6 Å². The topological polar surface area (TPSA) is 45.2 Å². The van der Waals surface area contributed by atoms with Crippen molar-refractivity contribution in [1.82, 2.24) is 10.3 Å². The molecular weight excluding hydrogens is 298 g/mol. The van der Waals surface area contributed by atoms with E-state index in [1.165, 1.54) is 5.56 Å². The van der Waals surface area contributed by atoms with Gasteiger partial charge in [-0.1, -0.05) is 17.9 Å². The van der Waals surface area contributed by atoms with Crippen molar-refractivity contribution in [1.29, 1.82) is 0 Å². The number of carbonyl (C=O) groups excluding carboxylic acids is 1. The number of aromatic nitrogens is 1. The summed E-state index contributed by atoms with van der Waals surface area (Å²) in [7, 11) is 0. The Labute approximate surface area is 141 Å². The van der Waals surface area contributed by atoms with E-state index in [2.05, 4.69) is 34.1 Å². The minimum absolute atomic E-state index is 0.294. The maximum atomic E-state index is 11.8. The molecule has 1 amide bonds. The summed E-state index contributed by atoms with van der Waals surface area (Å²) in [6, 6.07) is 12.8. The van der Waals surface area contributed by atoms with Gasteiger partial charge in [-0.05, 0) is 48.7 Å². The van der Waals surface area contributed by atoms with Gasteiger partial charge in [-0.25, -0.2) is 0 Å². The number of carbonyl (C=O) groups is 1. The SMILES string of the molecule is CC#CN1CCc2cc(C#CC(=O)NCc3cccnc3)ccc21. The molecule has 0 unspecified atom stereocenters. The molecular formula is C20H17N3O. The Morgan fingerprint density at radius 2 is 2.29 bits per heavy atom. The Balaban J connectivity index is 1.63.